The summed E-state index contributed by atoms with van der Waals surface area (Å²) in [4.78, 5) is 0. The third-order valence-corrected chi connectivity index (χ3v) is 7.04. The van der Waals surface area contributed by atoms with E-state index in [9.17, 15) is 4.39 Å². The van der Waals surface area contributed by atoms with Crippen LogP contribution in [-0.4, -0.2) is 0 Å². The minimum atomic E-state index is -0.165. The normalized spacial score (nSPS) is 29.5. The van der Waals surface area contributed by atoms with Gasteiger partial charge in [-0.1, -0.05) is 56.2 Å². The van der Waals surface area contributed by atoms with Crippen molar-refractivity contribution in [3.8, 4) is 11.1 Å². The van der Waals surface area contributed by atoms with Gasteiger partial charge in [0.2, 0.25) is 0 Å². The Morgan fingerprint density at radius 3 is 1.92 bits per heavy atom. The molecule has 138 valence electrons. The summed E-state index contributed by atoms with van der Waals surface area (Å²) in [7, 11) is 0. The summed E-state index contributed by atoms with van der Waals surface area (Å²) in [6, 6.07) is 15.8. The Morgan fingerprint density at radius 1 is 0.692 bits per heavy atom. The molecule has 0 saturated heterocycles. The predicted molar refractivity (Wildman–Crippen MR) is 108 cm³/mol. The van der Waals surface area contributed by atoms with Crippen molar-refractivity contribution in [2.45, 2.75) is 64.2 Å². The molecule has 0 bridgehead atoms. The molecular formula is C25H31F. The Balaban J connectivity index is 1.36. The van der Waals surface area contributed by atoms with E-state index in [4.69, 9.17) is 0 Å². The van der Waals surface area contributed by atoms with E-state index in [0.717, 1.165) is 34.8 Å². The highest BCUT2D eigenvalue weighted by atomic mass is 19.1. The molecule has 26 heavy (non-hydrogen) atoms. The Hall–Kier alpha value is -1.63. The lowest BCUT2D eigenvalue weighted by molar-refractivity contribution is 0.165. The maximum Gasteiger partial charge on any atom is 0.123 e. The number of hydrogen-bond donors (Lipinski definition) is 0. The molecule has 2 fully saturated rings. The summed E-state index contributed by atoms with van der Waals surface area (Å²) in [6.45, 7) is 2.42. The highest BCUT2D eigenvalue weighted by Gasteiger charge is 2.30. The third-order valence-electron chi connectivity index (χ3n) is 7.04. The van der Waals surface area contributed by atoms with Crippen LogP contribution in [-0.2, 0) is 0 Å². The average molecular weight is 351 g/mol. The molecule has 0 N–H and O–H groups in total. The van der Waals surface area contributed by atoms with Crippen molar-refractivity contribution >= 4 is 0 Å². The van der Waals surface area contributed by atoms with Gasteiger partial charge in [0.05, 0.1) is 0 Å². The van der Waals surface area contributed by atoms with Gasteiger partial charge in [0.25, 0.3) is 0 Å². The van der Waals surface area contributed by atoms with E-state index in [-0.39, 0.29) is 5.82 Å². The van der Waals surface area contributed by atoms with Gasteiger partial charge >= 0.3 is 0 Å². The first-order valence-electron chi connectivity index (χ1n) is 10.5. The maximum atomic E-state index is 13.4. The first kappa shape index (κ1) is 17.8. The quantitative estimate of drug-likeness (QED) is 0.535. The zero-order valence-corrected chi connectivity index (χ0v) is 16.0. The molecule has 0 radical (unpaired) electrons. The summed E-state index contributed by atoms with van der Waals surface area (Å²) in [5, 5.41) is 0. The average Bonchev–Trinajstić information content (AvgIpc) is 2.69. The van der Waals surface area contributed by atoms with Gasteiger partial charge in [-0.05, 0) is 91.0 Å². The van der Waals surface area contributed by atoms with Crippen LogP contribution in [0.5, 0.6) is 0 Å². The Morgan fingerprint density at radius 2 is 1.31 bits per heavy atom. The van der Waals surface area contributed by atoms with Gasteiger partial charge in [-0.2, -0.15) is 0 Å². The smallest absolute Gasteiger partial charge is 0.123 e. The highest BCUT2D eigenvalue weighted by Crippen LogP contribution is 2.44. The summed E-state index contributed by atoms with van der Waals surface area (Å²) >= 11 is 0. The number of halogens is 1. The largest absolute Gasteiger partial charge is 0.207 e. The van der Waals surface area contributed by atoms with Gasteiger partial charge in [0, 0.05) is 0 Å². The lowest BCUT2D eigenvalue weighted by Crippen LogP contribution is -2.24. The van der Waals surface area contributed by atoms with Crippen molar-refractivity contribution in [2.24, 2.45) is 17.8 Å². The fourth-order valence-electron chi connectivity index (χ4n) is 5.30. The number of benzene rings is 2. The fourth-order valence-corrected chi connectivity index (χ4v) is 5.30. The van der Waals surface area contributed by atoms with E-state index in [1.54, 1.807) is 12.1 Å². The van der Waals surface area contributed by atoms with E-state index in [1.807, 2.05) is 6.07 Å². The van der Waals surface area contributed by atoms with Crippen molar-refractivity contribution in [2.75, 3.05) is 0 Å². The van der Waals surface area contributed by atoms with Gasteiger partial charge in [0.1, 0.15) is 5.82 Å². The number of hydrogen-bond acceptors (Lipinski definition) is 0. The van der Waals surface area contributed by atoms with E-state index >= 15 is 0 Å². The van der Waals surface area contributed by atoms with Crippen molar-refractivity contribution in [1.29, 1.82) is 0 Å². The summed E-state index contributed by atoms with van der Waals surface area (Å²) < 4.78 is 13.4. The highest BCUT2D eigenvalue weighted by molar-refractivity contribution is 5.63. The first-order chi connectivity index (χ1) is 12.7. The molecule has 0 atom stereocenters. The van der Waals surface area contributed by atoms with E-state index in [1.165, 1.54) is 63.0 Å². The van der Waals surface area contributed by atoms with E-state index in [2.05, 4.69) is 31.2 Å². The zero-order chi connectivity index (χ0) is 17.9. The Labute approximate surface area is 157 Å². The molecular weight excluding hydrogens is 319 g/mol. The molecule has 0 nitrogen and oxygen atoms in total. The summed E-state index contributed by atoms with van der Waals surface area (Å²) in [5.74, 6) is 3.49. The van der Waals surface area contributed by atoms with Crippen molar-refractivity contribution in [3.05, 3.63) is 59.9 Å². The topological polar surface area (TPSA) is 0 Å². The fraction of sp³-hybridized carbons (Fsp3) is 0.520. The minimum absolute atomic E-state index is 0.165. The van der Waals surface area contributed by atoms with Crippen LogP contribution in [0.15, 0.2) is 48.5 Å². The molecule has 2 aromatic rings. The van der Waals surface area contributed by atoms with Crippen LogP contribution in [0.25, 0.3) is 11.1 Å². The summed E-state index contributed by atoms with van der Waals surface area (Å²) in [6.07, 6.45) is 11.4. The first-order valence-corrected chi connectivity index (χ1v) is 10.5. The van der Waals surface area contributed by atoms with Gasteiger partial charge in [0.15, 0.2) is 0 Å². The lowest BCUT2D eigenvalue weighted by atomic mass is 9.68. The molecule has 0 unspecified atom stereocenters. The maximum absolute atomic E-state index is 13.4. The molecule has 0 aliphatic heterocycles. The van der Waals surface area contributed by atoms with Gasteiger partial charge < -0.3 is 0 Å². The molecule has 2 saturated carbocycles. The molecule has 0 amide bonds. The third kappa shape index (κ3) is 4.03. The van der Waals surface area contributed by atoms with Gasteiger partial charge in [-0.25, -0.2) is 4.39 Å². The van der Waals surface area contributed by atoms with Crippen LogP contribution in [0.2, 0.25) is 0 Å². The van der Waals surface area contributed by atoms with Crippen LogP contribution in [0.3, 0.4) is 0 Å². The minimum Gasteiger partial charge on any atom is -0.207 e. The Kier molecular flexibility index (Phi) is 5.43. The predicted octanol–water partition coefficient (Wildman–Crippen LogP) is 7.59. The van der Waals surface area contributed by atoms with Crippen LogP contribution < -0.4 is 0 Å². The molecule has 4 rings (SSSR count). The monoisotopic (exact) mass is 350 g/mol. The van der Waals surface area contributed by atoms with Crippen LogP contribution in [0.1, 0.15) is 69.8 Å². The van der Waals surface area contributed by atoms with E-state index in [0.29, 0.717) is 0 Å². The van der Waals surface area contributed by atoms with Crippen LogP contribution in [0.4, 0.5) is 4.39 Å². The van der Waals surface area contributed by atoms with Gasteiger partial charge in [-0.15, -0.1) is 0 Å². The van der Waals surface area contributed by atoms with Crippen LogP contribution >= 0.6 is 0 Å². The molecule has 2 aliphatic carbocycles. The second-order valence-corrected chi connectivity index (χ2v) is 8.76. The van der Waals surface area contributed by atoms with Crippen molar-refractivity contribution in [3.63, 3.8) is 0 Å². The van der Waals surface area contributed by atoms with Crippen molar-refractivity contribution in [1.82, 2.24) is 0 Å². The number of rotatable bonds is 3. The lowest BCUT2D eigenvalue weighted by Gasteiger charge is -2.37. The molecule has 1 heteroatoms. The standard InChI is InChI=1S/C25H31F/c1-18-5-7-19(8-6-18)20-9-11-21(12-10-20)22-13-15-23(16-14-22)24-3-2-4-25(26)17-24/h2-4,13-21H,5-12H2,1H3. The van der Waals surface area contributed by atoms with E-state index < -0.39 is 0 Å². The molecule has 0 aromatic heterocycles. The zero-order valence-electron chi connectivity index (χ0n) is 16.0. The Bertz CT molecular complexity index is 701. The molecule has 2 aromatic carbocycles. The van der Waals surface area contributed by atoms with Crippen LogP contribution in [0, 0.1) is 23.6 Å². The summed E-state index contributed by atoms with van der Waals surface area (Å²) in [5.41, 5.74) is 3.55. The van der Waals surface area contributed by atoms with Crippen molar-refractivity contribution < 1.29 is 4.39 Å². The second kappa shape index (κ2) is 7.94. The molecule has 0 heterocycles. The van der Waals surface area contributed by atoms with Gasteiger partial charge in [-0.3, -0.25) is 0 Å². The SMILES string of the molecule is CC1CCC(C2CCC(c3ccc(-c4cccc(F)c4)cc3)CC2)CC1. The molecule has 0 spiro atoms. The molecule has 2 aliphatic rings. The second-order valence-electron chi connectivity index (χ2n) is 8.76.